The molecule has 1 saturated carbocycles. The van der Waals surface area contributed by atoms with E-state index >= 15 is 0 Å². The van der Waals surface area contributed by atoms with Crippen molar-refractivity contribution in [3.63, 3.8) is 0 Å². The zero-order chi connectivity index (χ0) is 17.2. The molecule has 1 aliphatic heterocycles. The van der Waals surface area contributed by atoms with Crippen LogP contribution in [0.3, 0.4) is 0 Å². The third kappa shape index (κ3) is 4.09. The first-order valence-corrected chi connectivity index (χ1v) is 11.0. The molecule has 1 saturated heterocycles. The summed E-state index contributed by atoms with van der Waals surface area (Å²) in [6, 6.07) is 10.2. The number of halogens is 1. The normalized spacial score (nSPS) is 23.7. The molecule has 0 spiro atoms. The van der Waals surface area contributed by atoms with E-state index < -0.39 is 0 Å². The number of benzene rings is 1. The van der Waals surface area contributed by atoms with Crippen LogP contribution in [0.15, 0.2) is 29.6 Å². The summed E-state index contributed by atoms with van der Waals surface area (Å²) in [5.74, 6) is 0. The van der Waals surface area contributed by atoms with Crippen LogP contribution in [0, 0.1) is 0 Å². The van der Waals surface area contributed by atoms with Crippen molar-refractivity contribution in [3.05, 3.63) is 35.2 Å². The highest BCUT2D eigenvalue weighted by Crippen LogP contribution is 2.30. The topological polar surface area (TPSA) is 6.48 Å². The second kappa shape index (κ2) is 9.01. The Bertz CT molecular complexity index is 738. The number of fused-ring (bicyclic) bond motifs is 1. The van der Waals surface area contributed by atoms with E-state index in [2.05, 4.69) is 46.5 Å². The number of likely N-dealkylation sites (tertiary alicyclic amines) is 1. The van der Waals surface area contributed by atoms with E-state index in [4.69, 9.17) is 12.2 Å². The Kier molecular flexibility index (Phi) is 6.95. The smallest absolute Gasteiger partial charge is 0.0824 e. The van der Waals surface area contributed by atoms with Crippen molar-refractivity contribution in [2.75, 3.05) is 20.1 Å². The molecule has 0 bridgehead atoms. The number of likely N-dealkylation sites (N-methyl/N-ethyl adjacent to an activating group) is 1. The zero-order valence-electron chi connectivity index (χ0n) is 15.5. The molecule has 0 N–H and O–H groups in total. The van der Waals surface area contributed by atoms with Gasteiger partial charge >= 0.3 is 0 Å². The molecule has 142 valence electrons. The molecule has 1 aromatic heterocycles. The van der Waals surface area contributed by atoms with E-state index in [0.29, 0.717) is 12.1 Å². The quantitative estimate of drug-likeness (QED) is 0.614. The van der Waals surface area contributed by atoms with Gasteiger partial charge in [0.25, 0.3) is 0 Å². The Morgan fingerprint density at radius 2 is 1.92 bits per heavy atom. The molecule has 5 heteroatoms. The maximum Gasteiger partial charge on any atom is 0.0824 e. The first-order valence-electron chi connectivity index (χ1n) is 9.69. The van der Waals surface area contributed by atoms with Crippen molar-refractivity contribution >= 4 is 51.0 Å². The Hall–Kier alpha value is -0.680. The molecule has 0 radical (unpaired) electrons. The minimum absolute atomic E-state index is 0. The fourth-order valence-corrected chi connectivity index (χ4v) is 5.85. The number of hydrogen-bond acceptors (Lipinski definition) is 3. The van der Waals surface area contributed by atoms with E-state index in [9.17, 15) is 0 Å². The first kappa shape index (κ1) is 20.1. The highest BCUT2D eigenvalue weighted by Gasteiger charge is 2.34. The summed E-state index contributed by atoms with van der Waals surface area (Å²) in [6.45, 7) is 2.58. The van der Waals surface area contributed by atoms with Crippen molar-refractivity contribution in [2.24, 2.45) is 0 Å². The van der Waals surface area contributed by atoms with Crippen molar-refractivity contribution in [1.82, 2.24) is 9.80 Å². The van der Waals surface area contributed by atoms with Gasteiger partial charge in [0.15, 0.2) is 0 Å². The molecule has 2 aliphatic rings. The maximum atomic E-state index is 5.91. The number of nitrogens with zero attached hydrogens (tertiary/aromatic N) is 2. The number of rotatable bonds is 4. The number of thiocarbonyl (C=S) groups is 1. The van der Waals surface area contributed by atoms with Crippen LogP contribution >= 0.6 is 36.0 Å². The van der Waals surface area contributed by atoms with Gasteiger partial charge in [-0.2, -0.15) is 0 Å². The molecular formula is C21H29ClN2S2. The van der Waals surface area contributed by atoms with Crippen LogP contribution in [0.2, 0.25) is 0 Å². The SMILES string of the molecule is CN(C(=S)Cc1cccc2sccc12)[C@@H]1CCCC[C@H]1N1CCCC1.Cl. The molecule has 2 fully saturated rings. The third-order valence-electron chi connectivity index (χ3n) is 6.12. The molecule has 2 aromatic rings. The van der Waals surface area contributed by atoms with Crippen LogP contribution in [0.4, 0.5) is 0 Å². The van der Waals surface area contributed by atoms with Gasteiger partial charge in [0.1, 0.15) is 0 Å². The Morgan fingerprint density at radius 3 is 2.73 bits per heavy atom. The van der Waals surface area contributed by atoms with Gasteiger partial charge in [-0.1, -0.05) is 37.2 Å². The van der Waals surface area contributed by atoms with Crippen LogP contribution < -0.4 is 0 Å². The largest absolute Gasteiger partial charge is 0.364 e. The molecule has 0 amide bonds. The summed E-state index contributed by atoms with van der Waals surface area (Å²) < 4.78 is 1.37. The maximum absolute atomic E-state index is 5.91. The van der Waals surface area contributed by atoms with Gasteiger partial charge in [0.05, 0.1) is 4.99 Å². The zero-order valence-corrected chi connectivity index (χ0v) is 18.0. The lowest BCUT2D eigenvalue weighted by molar-refractivity contribution is 0.111. The number of hydrogen-bond donors (Lipinski definition) is 0. The van der Waals surface area contributed by atoms with E-state index in [0.717, 1.165) is 11.4 Å². The molecule has 2 heterocycles. The average molecular weight is 409 g/mol. The fourth-order valence-electron chi connectivity index (χ4n) is 4.73. The number of thiophene rings is 1. The van der Waals surface area contributed by atoms with E-state index in [1.54, 1.807) is 0 Å². The van der Waals surface area contributed by atoms with Gasteiger partial charge in [0, 0.05) is 30.3 Å². The summed E-state index contributed by atoms with van der Waals surface area (Å²) in [7, 11) is 2.25. The molecule has 1 aromatic carbocycles. The Morgan fingerprint density at radius 1 is 1.15 bits per heavy atom. The molecule has 2 nitrogen and oxygen atoms in total. The third-order valence-corrected chi connectivity index (χ3v) is 7.44. The Labute approximate surface area is 173 Å². The second-order valence-corrected chi connectivity index (χ2v) is 9.01. The van der Waals surface area contributed by atoms with Gasteiger partial charge in [-0.25, -0.2) is 0 Å². The summed E-state index contributed by atoms with van der Waals surface area (Å²) in [5.41, 5.74) is 1.38. The van der Waals surface area contributed by atoms with Gasteiger partial charge < -0.3 is 4.90 Å². The predicted molar refractivity (Wildman–Crippen MR) is 120 cm³/mol. The van der Waals surface area contributed by atoms with Gasteiger partial charge in [-0.3, -0.25) is 4.90 Å². The van der Waals surface area contributed by atoms with Crippen LogP contribution in [0.1, 0.15) is 44.1 Å². The lowest BCUT2D eigenvalue weighted by Gasteiger charge is -2.43. The predicted octanol–water partition coefficient (Wildman–Crippen LogP) is 5.53. The summed E-state index contributed by atoms with van der Waals surface area (Å²) in [5, 5.41) is 3.56. The summed E-state index contributed by atoms with van der Waals surface area (Å²) >= 11 is 7.73. The molecule has 26 heavy (non-hydrogen) atoms. The van der Waals surface area contributed by atoms with Gasteiger partial charge in [0.2, 0.25) is 0 Å². The minimum Gasteiger partial charge on any atom is -0.364 e. The van der Waals surface area contributed by atoms with E-state index in [1.165, 1.54) is 67.3 Å². The highest BCUT2D eigenvalue weighted by molar-refractivity contribution is 7.80. The van der Waals surface area contributed by atoms with Crippen LogP contribution in [-0.2, 0) is 6.42 Å². The van der Waals surface area contributed by atoms with Gasteiger partial charge in [-0.15, -0.1) is 23.7 Å². The molecule has 0 unspecified atom stereocenters. The molecule has 1 aliphatic carbocycles. The van der Waals surface area contributed by atoms with Crippen LogP contribution in [0.5, 0.6) is 0 Å². The monoisotopic (exact) mass is 408 g/mol. The van der Waals surface area contributed by atoms with E-state index in [-0.39, 0.29) is 12.4 Å². The van der Waals surface area contributed by atoms with E-state index in [1.807, 2.05) is 11.3 Å². The summed E-state index contributed by atoms with van der Waals surface area (Å²) in [4.78, 5) is 6.29. The molecular weight excluding hydrogens is 380 g/mol. The average Bonchev–Trinajstić information content (AvgIpc) is 3.33. The lowest BCUT2D eigenvalue weighted by atomic mass is 9.88. The summed E-state index contributed by atoms with van der Waals surface area (Å²) in [6.07, 6.45) is 9.00. The first-order chi connectivity index (χ1) is 12.2. The van der Waals surface area contributed by atoms with Gasteiger partial charge in [-0.05, 0) is 67.2 Å². The highest BCUT2D eigenvalue weighted by atomic mass is 35.5. The molecule has 2 atom stereocenters. The standard InChI is InChI=1S/C21H28N2S2.ClH/c1-22(18-8-2-3-9-19(18)23-12-4-5-13-23)21(24)15-16-7-6-10-20-17(16)11-14-25-20;/h6-7,10-11,14,18-19H,2-5,8-9,12-13,15H2,1H3;1H/t18-,19-;/m1./s1. The fraction of sp³-hybridized carbons (Fsp3) is 0.571. The molecule has 4 rings (SSSR count). The van der Waals surface area contributed by atoms with Crippen LogP contribution in [0.25, 0.3) is 10.1 Å². The van der Waals surface area contributed by atoms with Crippen LogP contribution in [-0.4, -0.2) is 47.0 Å². The van der Waals surface area contributed by atoms with Crippen molar-refractivity contribution < 1.29 is 0 Å². The second-order valence-electron chi connectivity index (χ2n) is 7.59. The Balaban J connectivity index is 0.00000196. The lowest BCUT2D eigenvalue weighted by Crippen LogP contribution is -2.53. The van der Waals surface area contributed by atoms with Crippen molar-refractivity contribution in [3.8, 4) is 0 Å². The van der Waals surface area contributed by atoms with Crippen molar-refractivity contribution in [1.29, 1.82) is 0 Å². The minimum atomic E-state index is 0. The van der Waals surface area contributed by atoms with Crippen molar-refractivity contribution in [2.45, 2.75) is 57.0 Å².